The van der Waals surface area contributed by atoms with Gasteiger partial charge in [0.05, 0.1) is 12.8 Å². The quantitative estimate of drug-likeness (QED) is 0.323. The number of ether oxygens (including phenoxy) is 2. The molecule has 0 heterocycles. The first-order valence-electron chi connectivity index (χ1n) is 11.4. The van der Waals surface area contributed by atoms with Crippen LogP contribution >= 0.6 is 12.2 Å². The van der Waals surface area contributed by atoms with Gasteiger partial charge in [0.25, 0.3) is 5.91 Å². The highest BCUT2D eigenvalue weighted by Crippen LogP contribution is 2.28. The van der Waals surface area contributed by atoms with E-state index in [1.165, 1.54) is 7.11 Å². The lowest BCUT2D eigenvalue weighted by molar-refractivity contribution is -0.116. The normalized spacial score (nSPS) is 10.2. The summed E-state index contributed by atoms with van der Waals surface area (Å²) in [6.07, 6.45) is 2.23. The maximum atomic E-state index is 12.6. The topological polar surface area (TPSA) is 88.7 Å². The molecule has 0 atom stereocenters. The molecule has 0 spiro atoms. The maximum absolute atomic E-state index is 12.6. The summed E-state index contributed by atoms with van der Waals surface area (Å²) in [4.78, 5) is 24.6. The van der Waals surface area contributed by atoms with Crippen LogP contribution in [-0.4, -0.2) is 24.0 Å². The van der Waals surface area contributed by atoms with E-state index in [4.69, 9.17) is 21.7 Å². The number of methoxy groups -OCH3 is 1. The van der Waals surface area contributed by atoms with Crippen LogP contribution in [0.25, 0.3) is 0 Å². The van der Waals surface area contributed by atoms with E-state index in [0.29, 0.717) is 35.7 Å². The van der Waals surface area contributed by atoms with Crippen molar-refractivity contribution in [2.24, 2.45) is 0 Å². The molecule has 0 bridgehead atoms. The standard InChI is InChI=1S/C27H29N3O4S/c1-3-4-10-25(31)29-23-16-15-21(17-24(23)33-2)28-27(35)30-26(32)20-13-11-19(12-14-20)18-34-22-8-6-5-7-9-22/h5-9,11-17H,3-4,10,18H2,1-2H3,(H,29,31)(H2,28,30,32,35). The van der Waals surface area contributed by atoms with E-state index in [1.54, 1.807) is 30.3 Å². The first-order chi connectivity index (χ1) is 17.0. The van der Waals surface area contributed by atoms with Crippen molar-refractivity contribution in [3.63, 3.8) is 0 Å². The van der Waals surface area contributed by atoms with Crippen LogP contribution in [0.15, 0.2) is 72.8 Å². The zero-order valence-corrected chi connectivity index (χ0v) is 20.6. The lowest BCUT2D eigenvalue weighted by Gasteiger charge is -2.14. The van der Waals surface area contributed by atoms with Gasteiger partial charge < -0.3 is 20.1 Å². The first-order valence-corrected chi connectivity index (χ1v) is 11.8. The predicted molar refractivity (Wildman–Crippen MR) is 142 cm³/mol. The minimum Gasteiger partial charge on any atom is -0.494 e. The number of rotatable bonds is 10. The van der Waals surface area contributed by atoms with Crippen molar-refractivity contribution < 1.29 is 19.1 Å². The Hall–Kier alpha value is -3.91. The summed E-state index contributed by atoms with van der Waals surface area (Å²) in [6, 6.07) is 21.8. The molecule has 0 aliphatic heterocycles. The number of thiocarbonyl (C=S) groups is 1. The van der Waals surface area contributed by atoms with Crippen LogP contribution in [0.1, 0.15) is 42.1 Å². The van der Waals surface area contributed by atoms with Gasteiger partial charge in [-0.1, -0.05) is 43.7 Å². The third kappa shape index (κ3) is 8.12. The van der Waals surface area contributed by atoms with Crippen molar-refractivity contribution in [2.45, 2.75) is 32.8 Å². The molecule has 7 nitrogen and oxygen atoms in total. The van der Waals surface area contributed by atoms with Crippen molar-refractivity contribution in [3.05, 3.63) is 83.9 Å². The molecule has 182 valence electrons. The molecule has 3 N–H and O–H groups in total. The van der Waals surface area contributed by atoms with Gasteiger partial charge in [-0.2, -0.15) is 0 Å². The van der Waals surface area contributed by atoms with Crippen molar-refractivity contribution in [1.29, 1.82) is 0 Å². The summed E-state index contributed by atoms with van der Waals surface area (Å²) in [5.74, 6) is 0.882. The summed E-state index contributed by atoms with van der Waals surface area (Å²) in [7, 11) is 1.52. The Bertz CT molecular complexity index is 1150. The van der Waals surface area contributed by atoms with E-state index in [-0.39, 0.29) is 16.9 Å². The van der Waals surface area contributed by atoms with Crippen molar-refractivity contribution in [1.82, 2.24) is 5.32 Å². The number of carbonyl (C=O) groups is 2. The Morgan fingerprint density at radius 1 is 0.943 bits per heavy atom. The number of carbonyl (C=O) groups excluding carboxylic acids is 2. The molecule has 35 heavy (non-hydrogen) atoms. The summed E-state index contributed by atoms with van der Waals surface area (Å²) in [5, 5.41) is 8.63. The molecule has 0 saturated carbocycles. The Labute approximate surface area is 210 Å². The van der Waals surface area contributed by atoms with Gasteiger partial charge in [-0.05, 0) is 60.6 Å². The van der Waals surface area contributed by atoms with Crippen molar-refractivity contribution >= 4 is 40.5 Å². The molecule has 3 aromatic carbocycles. The van der Waals surface area contributed by atoms with E-state index in [2.05, 4.69) is 16.0 Å². The number of hydrogen-bond acceptors (Lipinski definition) is 5. The maximum Gasteiger partial charge on any atom is 0.257 e. The number of unbranched alkanes of at least 4 members (excludes halogenated alkanes) is 1. The second-order valence-electron chi connectivity index (χ2n) is 7.77. The van der Waals surface area contributed by atoms with E-state index in [9.17, 15) is 9.59 Å². The van der Waals surface area contributed by atoms with Crippen molar-refractivity contribution in [3.8, 4) is 11.5 Å². The molecular weight excluding hydrogens is 462 g/mol. The lowest BCUT2D eigenvalue weighted by Crippen LogP contribution is -2.34. The van der Waals surface area contributed by atoms with E-state index >= 15 is 0 Å². The monoisotopic (exact) mass is 491 g/mol. The van der Waals surface area contributed by atoms with Gasteiger partial charge in [-0.25, -0.2) is 0 Å². The second-order valence-corrected chi connectivity index (χ2v) is 8.18. The fraction of sp³-hybridized carbons (Fsp3) is 0.222. The first kappa shape index (κ1) is 25.7. The van der Waals surface area contributed by atoms with Gasteiger partial charge in [0, 0.05) is 23.7 Å². The molecular formula is C27H29N3O4S. The van der Waals surface area contributed by atoms with Gasteiger partial charge in [0.15, 0.2) is 5.11 Å². The summed E-state index contributed by atoms with van der Waals surface area (Å²) < 4.78 is 11.1. The Morgan fingerprint density at radius 3 is 2.37 bits per heavy atom. The van der Waals surface area contributed by atoms with Gasteiger partial charge >= 0.3 is 0 Å². The molecule has 0 aliphatic carbocycles. The highest BCUT2D eigenvalue weighted by molar-refractivity contribution is 7.80. The molecule has 2 amide bonds. The summed E-state index contributed by atoms with van der Waals surface area (Å²) in [6.45, 7) is 2.44. The average molecular weight is 492 g/mol. The minimum atomic E-state index is -0.329. The number of nitrogens with one attached hydrogen (secondary N) is 3. The molecule has 0 radical (unpaired) electrons. The number of hydrogen-bond donors (Lipinski definition) is 3. The van der Waals surface area contributed by atoms with E-state index in [1.807, 2.05) is 49.4 Å². The fourth-order valence-corrected chi connectivity index (χ4v) is 3.41. The molecule has 0 unspecified atom stereocenters. The predicted octanol–water partition coefficient (Wildman–Crippen LogP) is 5.53. The number of para-hydroxylation sites is 1. The van der Waals surface area contributed by atoms with Crippen LogP contribution in [0.5, 0.6) is 11.5 Å². The fourth-order valence-electron chi connectivity index (χ4n) is 3.20. The third-order valence-electron chi connectivity index (χ3n) is 5.08. The number of benzene rings is 3. The second kappa shape index (κ2) is 13.1. The Morgan fingerprint density at radius 2 is 1.69 bits per heavy atom. The molecule has 0 aromatic heterocycles. The van der Waals surface area contributed by atoms with Crippen LogP contribution in [0, 0.1) is 0 Å². The highest BCUT2D eigenvalue weighted by atomic mass is 32.1. The molecule has 8 heteroatoms. The summed E-state index contributed by atoms with van der Waals surface area (Å²) >= 11 is 5.29. The zero-order chi connectivity index (χ0) is 25.0. The number of anilines is 2. The average Bonchev–Trinajstić information content (AvgIpc) is 2.88. The van der Waals surface area contributed by atoms with Crippen molar-refractivity contribution in [2.75, 3.05) is 17.7 Å². The van der Waals surface area contributed by atoms with Gasteiger partial charge in [-0.3, -0.25) is 14.9 Å². The van der Waals surface area contributed by atoms with E-state index < -0.39 is 0 Å². The van der Waals surface area contributed by atoms with Crippen LogP contribution < -0.4 is 25.4 Å². The zero-order valence-electron chi connectivity index (χ0n) is 19.8. The van der Waals surface area contributed by atoms with E-state index in [0.717, 1.165) is 24.2 Å². The molecule has 3 aromatic rings. The molecule has 0 saturated heterocycles. The van der Waals surface area contributed by atoms with Gasteiger partial charge in [0.2, 0.25) is 5.91 Å². The van der Waals surface area contributed by atoms with Crippen LogP contribution in [0.2, 0.25) is 0 Å². The number of amides is 2. The molecule has 3 rings (SSSR count). The largest absolute Gasteiger partial charge is 0.494 e. The van der Waals surface area contributed by atoms with Crippen LogP contribution in [0.3, 0.4) is 0 Å². The highest BCUT2D eigenvalue weighted by Gasteiger charge is 2.11. The smallest absolute Gasteiger partial charge is 0.257 e. The molecule has 0 aliphatic rings. The van der Waals surface area contributed by atoms with Gasteiger partial charge in [0.1, 0.15) is 18.1 Å². The molecule has 0 fully saturated rings. The third-order valence-corrected chi connectivity index (χ3v) is 5.29. The van der Waals surface area contributed by atoms with Gasteiger partial charge in [-0.15, -0.1) is 0 Å². The lowest BCUT2D eigenvalue weighted by atomic mass is 10.1. The summed E-state index contributed by atoms with van der Waals surface area (Å²) in [5.41, 5.74) is 2.61. The Balaban J connectivity index is 1.53. The van der Waals surface area contributed by atoms with Crippen LogP contribution in [-0.2, 0) is 11.4 Å². The minimum absolute atomic E-state index is 0.0636. The van der Waals surface area contributed by atoms with Crippen LogP contribution in [0.4, 0.5) is 11.4 Å². The SMILES string of the molecule is CCCCC(=O)Nc1ccc(NC(=S)NC(=O)c2ccc(COc3ccccc3)cc2)cc1OC. The Kier molecular flexibility index (Phi) is 9.62.